The van der Waals surface area contributed by atoms with Crippen molar-refractivity contribution in [1.29, 1.82) is 0 Å². The highest BCUT2D eigenvalue weighted by Gasteiger charge is 2.48. The summed E-state index contributed by atoms with van der Waals surface area (Å²) in [4.78, 5) is 22.7. The minimum Gasteiger partial charge on any atom is -0.481 e. The molecule has 0 spiro atoms. The van der Waals surface area contributed by atoms with Crippen LogP contribution in [0.15, 0.2) is 21.1 Å². The molecule has 17 heavy (non-hydrogen) atoms. The molecular formula is C11H9Br2NO3. The third-order valence-electron chi connectivity index (χ3n) is 2.81. The van der Waals surface area contributed by atoms with Crippen molar-refractivity contribution in [3.63, 3.8) is 0 Å². The molecule has 1 fully saturated rings. The number of carboxylic acids is 1. The van der Waals surface area contributed by atoms with Gasteiger partial charge in [0, 0.05) is 20.4 Å². The van der Waals surface area contributed by atoms with Crippen LogP contribution in [0.4, 0.5) is 5.69 Å². The molecule has 6 heteroatoms. The first-order valence-electron chi connectivity index (χ1n) is 4.93. The van der Waals surface area contributed by atoms with Gasteiger partial charge in [-0.1, -0.05) is 0 Å². The average molecular weight is 363 g/mol. The number of Topliss-reactive ketones (excluding diaryl/α,β-unsaturated/α-hetero) is 1. The van der Waals surface area contributed by atoms with E-state index in [1.807, 2.05) is 0 Å². The second kappa shape index (κ2) is 4.42. The number of halogens is 2. The number of hydrogen-bond acceptors (Lipinski definition) is 3. The number of hydrogen-bond donors (Lipinski definition) is 2. The van der Waals surface area contributed by atoms with Gasteiger partial charge in [0.2, 0.25) is 0 Å². The molecular weight excluding hydrogens is 354 g/mol. The Bertz CT molecular complexity index is 492. The van der Waals surface area contributed by atoms with Crippen LogP contribution < -0.4 is 5.73 Å². The van der Waals surface area contributed by atoms with Gasteiger partial charge < -0.3 is 10.8 Å². The lowest BCUT2D eigenvalue weighted by Gasteiger charge is -2.05. The zero-order valence-corrected chi connectivity index (χ0v) is 11.8. The summed E-state index contributed by atoms with van der Waals surface area (Å²) in [6.45, 7) is 0. The summed E-state index contributed by atoms with van der Waals surface area (Å²) >= 11 is 6.51. The lowest BCUT2D eigenvalue weighted by Crippen LogP contribution is -2.08. The summed E-state index contributed by atoms with van der Waals surface area (Å²) in [6, 6.07) is 3.25. The molecule has 1 aromatic rings. The molecule has 1 aromatic carbocycles. The SMILES string of the molecule is Nc1c(Br)cc(C(=O)[C@@H]2C[C@H]2C(=O)O)cc1Br. The fourth-order valence-corrected chi connectivity index (χ4v) is 2.88. The van der Waals surface area contributed by atoms with Crippen molar-refractivity contribution in [2.24, 2.45) is 11.8 Å². The lowest BCUT2D eigenvalue weighted by atomic mass is 10.1. The van der Waals surface area contributed by atoms with E-state index < -0.39 is 17.8 Å². The number of carbonyl (C=O) groups is 2. The van der Waals surface area contributed by atoms with Crippen LogP contribution in [0.5, 0.6) is 0 Å². The quantitative estimate of drug-likeness (QED) is 0.639. The van der Waals surface area contributed by atoms with Gasteiger partial charge in [0.25, 0.3) is 0 Å². The van der Waals surface area contributed by atoms with Crippen molar-refractivity contribution in [3.05, 3.63) is 26.6 Å². The molecule has 1 aliphatic carbocycles. The van der Waals surface area contributed by atoms with Crippen molar-refractivity contribution in [2.45, 2.75) is 6.42 Å². The van der Waals surface area contributed by atoms with Crippen LogP contribution >= 0.6 is 31.9 Å². The molecule has 0 saturated heterocycles. The van der Waals surface area contributed by atoms with Gasteiger partial charge in [0.05, 0.1) is 11.6 Å². The first kappa shape index (κ1) is 12.6. The summed E-state index contributed by atoms with van der Waals surface area (Å²) < 4.78 is 1.26. The summed E-state index contributed by atoms with van der Waals surface area (Å²) in [5, 5.41) is 8.78. The number of benzene rings is 1. The molecule has 90 valence electrons. The predicted molar refractivity (Wildman–Crippen MR) is 69.8 cm³/mol. The Morgan fingerprint density at radius 2 is 1.76 bits per heavy atom. The molecule has 0 radical (unpaired) electrons. The number of ketones is 1. The van der Waals surface area contributed by atoms with Gasteiger partial charge in [-0.3, -0.25) is 9.59 Å². The number of carboxylic acid groups (broad SMARTS) is 1. The van der Waals surface area contributed by atoms with Crippen LogP contribution in [-0.4, -0.2) is 16.9 Å². The number of nitrogen functional groups attached to an aromatic ring is 1. The summed E-state index contributed by atoms with van der Waals surface area (Å²) in [7, 11) is 0. The Hall–Kier alpha value is -0.880. The van der Waals surface area contributed by atoms with Crippen LogP contribution in [0.2, 0.25) is 0 Å². The third-order valence-corrected chi connectivity index (χ3v) is 4.12. The molecule has 1 saturated carbocycles. The molecule has 2 rings (SSSR count). The monoisotopic (exact) mass is 361 g/mol. The van der Waals surface area contributed by atoms with Gasteiger partial charge in [0.1, 0.15) is 0 Å². The first-order valence-corrected chi connectivity index (χ1v) is 6.52. The standard InChI is InChI=1S/C11H9Br2NO3/c12-7-1-4(2-8(13)9(7)14)10(15)5-3-6(5)11(16)17/h1-2,5-6H,3,14H2,(H,16,17)/t5-,6-/m1/s1. The van der Waals surface area contributed by atoms with Crippen LogP contribution in [0, 0.1) is 11.8 Å². The highest BCUT2D eigenvalue weighted by Crippen LogP contribution is 2.42. The largest absolute Gasteiger partial charge is 0.481 e. The summed E-state index contributed by atoms with van der Waals surface area (Å²) in [5.74, 6) is -1.97. The predicted octanol–water partition coefficient (Wildman–Crippen LogP) is 2.70. The van der Waals surface area contributed by atoms with Crippen molar-refractivity contribution in [1.82, 2.24) is 0 Å². The number of nitrogens with two attached hydrogens (primary N) is 1. The number of rotatable bonds is 3. The maximum atomic E-state index is 12.0. The van der Waals surface area contributed by atoms with Gasteiger partial charge in [-0.2, -0.15) is 0 Å². The maximum Gasteiger partial charge on any atom is 0.307 e. The van der Waals surface area contributed by atoms with Gasteiger partial charge >= 0.3 is 5.97 Å². The Labute approximate surface area is 114 Å². The van der Waals surface area contributed by atoms with Crippen molar-refractivity contribution >= 4 is 49.3 Å². The van der Waals surface area contributed by atoms with Crippen LogP contribution in [0.25, 0.3) is 0 Å². The molecule has 0 unspecified atom stereocenters. The van der Waals surface area contributed by atoms with E-state index in [-0.39, 0.29) is 5.78 Å². The molecule has 1 aliphatic rings. The number of aliphatic carboxylic acids is 1. The zero-order valence-electron chi connectivity index (χ0n) is 8.61. The van der Waals surface area contributed by atoms with E-state index in [2.05, 4.69) is 31.9 Å². The second-order valence-electron chi connectivity index (χ2n) is 4.00. The van der Waals surface area contributed by atoms with Gasteiger partial charge in [0.15, 0.2) is 5.78 Å². The molecule has 0 heterocycles. The fourth-order valence-electron chi connectivity index (χ4n) is 1.70. The average Bonchev–Trinajstić information content (AvgIpc) is 3.04. The molecule has 3 N–H and O–H groups in total. The van der Waals surface area contributed by atoms with Crippen molar-refractivity contribution in [3.8, 4) is 0 Å². The Kier molecular flexibility index (Phi) is 3.27. The van der Waals surface area contributed by atoms with Crippen molar-refractivity contribution in [2.75, 3.05) is 5.73 Å². The zero-order chi connectivity index (χ0) is 12.7. The van der Waals surface area contributed by atoms with Crippen molar-refractivity contribution < 1.29 is 14.7 Å². The maximum absolute atomic E-state index is 12.0. The Morgan fingerprint density at radius 1 is 1.24 bits per heavy atom. The molecule has 0 aromatic heterocycles. The van der Waals surface area contributed by atoms with E-state index in [1.165, 1.54) is 0 Å². The van der Waals surface area contributed by atoms with Gasteiger partial charge in [-0.15, -0.1) is 0 Å². The topological polar surface area (TPSA) is 80.4 Å². The molecule has 0 amide bonds. The smallest absolute Gasteiger partial charge is 0.307 e. The second-order valence-corrected chi connectivity index (χ2v) is 5.71. The first-order chi connectivity index (χ1) is 7.91. The minimum atomic E-state index is -0.906. The van der Waals surface area contributed by atoms with Crippen LogP contribution in [0.1, 0.15) is 16.8 Å². The van der Waals surface area contributed by atoms with E-state index in [0.717, 1.165) is 0 Å². The number of carbonyl (C=O) groups excluding carboxylic acids is 1. The van der Waals surface area contributed by atoms with E-state index >= 15 is 0 Å². The summed E-state index contributed by atoms with van der Waals surface area (Å²) in [5.41, 5.74) is 6.72. The fraction of sp³-hybridized carbons (Fsp3) is 0.273. The normalized spacial score (nSPS) is 22.2. The highest BCUT2D eigenvalue weighted by atomic mass is 79.9. The lowest BCUT2D eigenvalue weighted by molar-refractivity contribution is -0.138. The highest BCUT2D eigenvalue weighted by molar-refractivity contribution is 9.11. The van der Waals surface area contributed by atoms with E-state index in [4.69, 9.17) is 10.8 Å². The van der Waals surface area contributed by atoms with Gasteiger partial charge in [-0.05, 0) is 50.4 Å². The molecule has 0 bridgehead atoms. The minimum absolute atomic E-state index is 0.140. The van der Waals surface area contributed by atoms with E-state index in [9.17, 15) is 9.59 Å². The Balaban J connectivity index is 2.25. The third kappa shape index (κ3) is 2.37. The molecule has 2 atom stereocenters. The summed E-state index contributed by atoms with van der Waals surface area (Å²) in [6.07, 6.45) is 0.424. The molecule has 0 aliphatic heterocycles. The Morgan fingerprint density at radius 3 is 2.18 bits per heavy atom. The number of anilines is 1. The van der Waals surface area contributed by atoms with E-state index in [1.54, 1.807) is 12.1 Å². The van der Waals surface area contributed by atoms with Gasteiger partial charge in [-0.25, -0.2) is 0 Å². The van der Waals surface area contributed by atoms with Crippen LogP contribution in [-0.2, 0) is 4.79 Å². The van der Waals surface area contributed by atoms with Crippen LogP contribution in [0.3, 0.4) is 0 Å². The molecule has 4 nitrogen and oxygen atoms in total. The van der Waals surface area contributed by atoms with E-state index in [0.29, 0.717) is 26.6 Å².